The largest absolute Gasteiger partial charge is 0.397 e. The molecule has 7 nitrogen and oxygen atoms in total. The third-order valence-electron chi connectivity index (χ3n) is 6.24. The maximum atomic E-state index is 14.6. The summed E-state index contributed by atoms with van der Waals surface area (Å²) in [4.78, 5) is 23.1. The van der Waals surface area contributed by atoms with Crippen molar-refractivity contribution >= 4 is 28.1 Å². The Bertz CT molecular complexity index is 1410. The third kappa shape index (κ3) is 4.04. The van der Waals surface area contributed by atoms with Gasteiger partial charge in [0.1, 0.15) is 11.5 Å². The lowest BCUT2D eigenvalue weighted by Crippen LogP contribution is -2.42. The van der Waals surface area contributed by atoms with Gasteiger partial charge in [0.15, 0.2) is 0 Å². The number of fused-ring (bicyclic) bond motifs is 1. The van der Waals surface area contributed by atoms with Crippen molar-refractivity contribution in [2.24, 2.45) is 11.5 Å². The average molecular weight is 457 g/mol. The Labute approximate surface area is 196 Å². The molecule has 0 unspecified atom stereocenters. The molecule has 0 saturated carbocycles. The van der Waals surface area contributed by atoms with Crippen LogP contribution in [0.1, 0.15) is 23.2 Å². The Morgan fingerprint density at radius 3 is 2.74 bits per heavy atom. The Kier molecular flexibility index (Phi) is 5.59. The normalized spacial score (nSPS) is 16.1. The quantitative estimate of drug-likeness (QED) is 0.430. The van der Waals surface area contributed by atoms with Gasteiger partial charge < -0.3 is 22.1 Å². The van der Waals surface area contributed by atoms with Crippen molar-refractivity contribution < 1.29 is 9.18 Å². The molecule has 0 spiro atoms. The number of carbonyl (C=O) groups excluding carboxylic acids is 1. The number of halogens is 1. The van der Waals surface area contributed by atoms with E-state index in [9.17, 15) is 9.18 Å². The van der Waals surface area contributed by atoms with Gasteiger partial charge in [-0.15, -0.1) is 0 Å². The van der Waals surface area contributed by atoms with E-state index in [1.54, 1.807) is 18.3 Å². The minimum atomic E-state index is -0.641. The van der Waals surface area contributed by atoms with E-state index >= 15 is 0 Å². The molecule has 1 fully saturated rings. The maximum absolute atomic E-state index is 14.6. The van der Waals surface area contributed by atoms with Gasteiger partial charge in [-0.05, 0) is 55.3 Å². The number of anilines is 2. The number of nitrogens with two attached hydrogens (primary N) is 3. The Hall–Kier alpha value is -4.04. The molecule has 2 aromatic carbocycles. The van der Waals surface area contributed by atoms with Crippen LogP contribution in [0.5, 0.6) is 0 Å². The second kappa shape index (κ2) is 8.72. The van der Waals surface area contributed by atoms with Gasteiger partial charge in [0, 0.05) is 52.9 Å². The number of hydrogen-bond donors (Lipinski definition) is 3. The standard InChI is InChI=1S/C26H25FN6O/c27-20-7-6-15(26(30)34)11-19(20)22-9-8-21(29)25(32-22)23-12-18-16(13-31-23)3-1-5-24(18)33-10-2-4-17(28)14-33/h1,3,5-9,11-13,17H,2,4,10,14,28-29H2,(H2,30,34)/t17-/m0/s1. The molecule has 2 aromatic heterocycles. The zero-order chi connectivity index (χ0) is 23.8. The van der Waals surface area contributed by atoms with Gasteiger partial charge in [0.05, 0.1) is 17.1 Å². The number of piperidine rings is 1. The predicted molar refractivity (Wildman–Crippen MR) is 133 cm³/mol. The highest BCUT2D eigenvalue weighted by Crippen LogP contribution is 2.34. The van der Waals surface area contributed by atoms with Gasteiger partial charge in [0.25, 0.3) is 0 Å². The first-order valence-corrected chi connectivity index (χ1v) is 11.2. The lowest BCUT2D eigenvalue weighted by molar-refractivity contribution is 0.100. The molecule has 1 aliphatic heterocycles. The Morgan fingerprint density at radius 1 is 1.09 bits per heavy atom. The summed E-state index contributed by atoms with van der Waals surface area (Å²) >= 11 is 0. The fourth-order valence-electron chi connectivity index (χ4n) is 4.49. The number of aromatic nitrogens is 2. The molecule has 1 saturated heterocycles. The molecule has 172 valence electrons. The molecule has 8 heteroatoms. The summed E-state index contributed by atoms with van der Waals surface area (Å²) in [6.07, 6.45) is 3.86. The highest BCUT2D eigenvalue weighted by molar-refractivity contribution is 5.97. The fraction of sp³-hybridized carbons (Fsp3) is 0.192. The van der Waals surface area contributed by atoms with Gasteiger partial charge in [-0.25, -0.2) is 9.37 Å². The number of amides is 1. The molecule has 5 rings (SSSR count). The molecule has 1 amide bonds. The number of primary amides is 1. The van der Waals surface area contributed by atoms with Crippen LogP contribution >= 0.6 is 0 Å². The van der Waals surface area contributed by atoms with Crippen LogP contribution in [-0.4, -0.2) is 35.0 Å². The first kappa shape index (κ1) is 21.8. The number of carbonyl (C=O) groups is 1. The maximum Gasteiger partial charge on any atom is 0.248 e. The molecule has 0 aliphatic carbocycles. The van der Waals surface area contributed by atoms with Crippen molar-refractivity contribution in [3.8, 4) is 22.6 Å². The molecule has 6 N–H and O–H groups in total. The molecule has 1 atom stereocenters. The van der Waals surface area contributed by atoms with Crippen molar-refractivity contribution in [2.45, 2.75) is 18.9 Å². The number of pyridine rings is 2. The van der Waals surface area contributed by atoms with Crippen molar-refractivity contribution in [1.82, 2.24) is 9.97 Å². The molecule has 34 heavy (non-hydrogen) atoms. The number of rotatable bonds is 4. The molecule has 4 aromatic rings. The molecule has 3 heterocycles. The summed E-state index contributed by atoms with van der Waals surface area (Å²) in [5, 5.41) is 2.02. The monoisotopic (exact) mass is 456 g/mol. The fourth-order valence-corrected chi connectivity index (χ4v) is 4.49. The highest BCUT2D eigenvalue weighted by Gasteiger charge is 2.20. The van der Waals surface area contributed by atoms with E-state index in [1.807, 2.05) is 18.2 Å². The first-order valence-electron chi connectivity index (χ1n) is 11.2. The van der Waals surface area contributed by atoms with Crippen molar-refractivity contribution in [3.05, 3.63) is 72.2 Å². The van der Waals surface area contributed by atoms with E-state index in [2.05, 4.69) is 20.9 Å². The van der Waals surface area contributed by atoms with Crippen LogP contribution < -0.4 is 22.1 Å². The lowest BCUT2D eigenvalue weighted by atomic mass is 10.0. The van der Waals surface area contributed by atoms with Crippen LogP contribution in [-0.2, 0) is 0 Å². The van der Waals surface area contributed by atoms with E-state index in [4.69, 9.17) is 17.2 Å². The molecule has 1 aliphatic rings. The zero-order valence-electron chi connectivity index (χ0n) is 18.5. The van der Waals surface area contributed by atoms with E-state index in [-0.39, 0.29) is 17.2 Å². The van der Waals surface area contributed by atoms with Gasteiger partial charge in [0.2, 0.25) is 5.91 Å². The highest BCUT2D eigenvalue weighted by atomic mass is 19.1. The van der Waals surface area contributed by atoms with Crippen LogP contribution in [0.4, 0.5) is 15.8 Å². The smallest absolute Gasteiger partial charge is 0.248 e. The zero-order valence-corrected chi connectivity index (χ0v) is 18.5. The second-order valence-electron chi connectivity index (χ2n) is 8.61. The van der Waals surface area contributed by atoms with E-state index in [1.165, 1.54) is 18.2 Å². The van der Waals surface area contributed by atoms with E-state index in [0.717, 1.165) is 42.4 Å². The number of nitrogen functional groups attached to an aromatic ring is 1. The first-order chi connectivity index (χ1) is 16.4. The second-order valence-corrected chi connectivity index (χ2v) is 8.61. The van der Waals surface area contributed by atoms with Crippen molar-refractivity contribution in [1.29, 1.82) is 0 Å². The average Bonchev–Trinajstić information content (AvgIpc) is 2.84. The number of benzene rings is 2. The van der Waals surface area contributed by atoms with Crippen molar-refractivity contribution in [3.63, 3.8) is 0 Å². The summed E-state index contributed by atoms with van der Waals surface area (Å²) in [6.45, 7) is 1.73. The molecule has 0 bridgehead atoms. The van der Waals surface area contributed by atoms with Gasteiger partial charge in [-0.2, -0.15) is 0 Å². The summed E-state index contributed by atoms with van der Waals surface area (Å²) in [5.74, 6) is -1.15. The van der Waals surface area contributed by atoms with E-state index in [0.29, 0.717) is 22.8 Å². The van der Waals surface area contributed by atoms with E-state index < -0.39 is 11.7 Å². The number of nitrogens with zero attached hydrogens (tertiary/aromatic N) is 3. The topological polar surface area (TPSA) is 124 Å². The third-order valence-corrected chi connectivity index (χ3v) is 6.24. The van der Waals surface area contributed by atoms with Crippen LogP contribution in [0.25, 0.3) is 33.4 Å². The van der Waals surface area contributed by atoms with Gasteiger partial charge in [-0.1, -0.05) is 12.1 Å². The van der Waals surface area contributed by atoms with Crippen LogP contribution in [0, 0.1) is 5.82 Å². The minimum Gasteiger partial charge on any atom is -0.397 e. The molecular weight excluding hydrogens is 431 g/mol. The minimum absolute atomic E-state index is 0.144. The molecular formula is C26H25FN6O. The van der Waals surface area contributed by atoms with Gasteiger partial charge >= 0.3 is 0 Å². The molecule has 0 radical (unpaired) electrons. The van der Waals surface area contributed by atoms with Crippen molar-refractivity contribution in [2.75, 3.05) is 23.7 Å². The van der Waals surface area contributed by atoms with Crippen LogP contribution in [0.2, 0.25) is 0 Å². The summed E-state index contributed by atoms with van der Waals surface area (Å²) in [5.41, 5.74) is 21.1. The summed E-state index contributed by atoms with van der Waals surface area (Å²) in [6, 6.07) is 15.4. The Morgan fingerprint density at radius 2 is 1.94 bits per heavy atom. The van der Waals surface area contributed by atoms with Gasteiger partial charge in [-0.3, -0.25) is 9.78 Å². The van der Waals surface area contributed by atoms with Crippen LogP contribution in [0.3, 0.4) is 0 Å². The number of hydrogen-bond acceptors (Lipinski definition) is 6. The lowest BCUT2D eigenvalue weighted by Gasteiger charge is -2.33. The Balaban J connectivity index is 1.61. The van der Waals surface area contributed by atoms with Crippen LogP contribution in [0.15, 0.2) is 60.8 Å². The summed E-state index contributed by atoms with van der Waals surface area (Å²) in [7, 11) is 0. The summed E-state index contributed by atoms with van der Waals surface area (Å²) < 4.78 is 14.6. The predicted octanol–water partition coefficient (Wildman–Crippen LogP) is 3.71. The SMILES string of the molecule is NC(=O)c1ccc(F)c(-c2ccc(N)c(-c3cc4c(N5CCC[C@H](N)C5)cccc4cn3)n2)c1.